The molecule has 1 aliphatic carbocycles. The molecule has 0 aromatic carbocycles. The average Bonchev–Trinajstić information content (AvgIpc) is 2.26. The molecule has 90 valence electrons. The molecule has 15 heavy (non-hydrogen) atoms. The highest BCUT2D eigenvalue weighted by Crippen LogP contribution is 2.35. The molecule has 1 atom stereocenters. The molecule has 2 N–H and O–H groups in total. The highest BCUT2D eigenvalue weighted by molar-refractivity contribution is 4.80. The minimum absolute atomic E-state index is 0.484. The Hall–Kier alpha value is -0.0400. The predicted molar refractivity (Wildman–Crippen MR) is 67.8 cm³/mol. The van der Waals surface area contributed by atoms with Crippen LogP contribution in [0.3, 0.4) is 0 Å². The Morgan fingerprint density at radius 2 is 1.60 bits per heavy atom. The summed E-state index contributed by atoms with van der Waals surface area (Å²) in [6, 6.07) is 0.484. The van der Waals surface area contributed by atoms with Crippen molar-refractivity contribution in [1.82, 2.24) is 0 Å². The van der Waals surface area contributed by atoms with Gasteiger partial charge in [0.1, 0.15) is 0 Å². The molecule has 1 fully saturated rings. The summed E-state index contributed by atoms with van der Waals surface area (Å²) >= 11 is 0. The Balaban J connectivity index is 2.24. The van der Waals surface area contributed by atoms with Crippen molar-refractivity contribution in [2.45, 2.75) is 71.8 Å². The van der Waals surface area contributed by atoms with Gasteiger partial charge >= 0.3 is 0 Å². The summed E-state index contributed by atoms with van der Waals surface area (Å²) in [5, 5.41) is 0. The Morgan fingerprint density at radius 1 is 1.07 bits per heavy atom. The zero-order valence-electron chi connectivity index (χ0n) is 10.8. The minimum Gasteiger partial charge on any atom is -0.327 e. The second-order valence-corrected chi connectivity index (χ2v) is 5.72. The summed E-state index contributed by atoms with van der Waals surface area (Å²) in [5.74, 6) is 2.67. The zero-order chi connectivity index (χ0) is 11.3. The molecule has 1 nitrogen and oxygen atoms in total. The molecule has 0 heterocycles. The van der Waals surface area contributed by atoms with E-state index < -0.39 is 0 Å². The first-order chi connectivity index (χ1) is 7.15. The van der Waals surface area contributed by atoms with Crippen LogP contribution in [0.15, 0.2) is 0 Å². The van der Waals surface area contributed by atoms with Gasteiger partial charge < -0.3 is 5.73 Å². The average molecular weight is 211 g/mol. The first kappa shape index (κ1) is 13.0. The largest absolute Gasteiger partial charge is 0.327 e. The number of hydrogen-bond donors (Lipinski definition) is 1. The van der Waals surface area contributed by atoms with Gasteiger partial charge in [0, 0.05) is 6.04 Å². The van der Waals surface area contributed by atoms with Crippen LogP contribution in [0.5, 0.6) is 0 Å². The van der Waals surface area contributed by atoms with Gasteiger partial charge in [-0.1, -0.05) is 33.6 Å². The van der Waals surface area contributed by atoms with Crippen molar-refractivity contribution in [2.24, 2.45) is 23.5 Å². The van der Waals surface area contributed by atoms with Crippen molar-refractivity contribution in [3.05, 3.63) is 0 Å². The summed E-state index contributed by atoms with van der Waals surface area (Å²) in [7, 11) is 0. The molecule has 0 aromatic heterocycles. The first-order valence-electron chi connectivity index (χ1n) is 6.90. The molecular weight excluding hydrogens is 182 g/mol. The normalized spacial score (nSPS) is 29.4. The Labute approximate surface area is 95.8 Å². The molecule has 0 bridgehead atoms. The smallest absolute Gasteiger partial charge is 0.00671 e. The number of hydrogen-bond acceptors (Lipinski definition) is 1. The van der Waals surface area contributed by atoms with Crippen molar-refractivity contribution in [2.75, 3.05) is 0 Å². The lowest BCUT2D eigenvalue weighted by molar-refractivity contribution is 0.198. The minimum atomic E-state index is 0.484. The maximum Gasteiger partial charge on any atom is 0.00671 e. The Morgan fingerprint density at radius 3 is 2.07 bits per heavy atom. The maximum atomic E-state index is 6.26. The molecule has 0 aromatic rings. The van der Waals surface area contributed by atoms with Crippen LogP contribution in [0.25, 0.3) is 0 Å². The third-order valence-electron chi connectivity index (χ3n) is 4.26. The highest BCUT2D eigenvalue weighted by atomic mass is 14.6. The summed E-state index contributed by atoms with van der Waals surface area (Å²) in [4.78, 5) is 0. The lowest BCUT2D eigenvalue weighted by atomic mass is 9.74. The fourth-order valence-corrected chi connectivity index (χ4v) is 2.92. The number of unbranched alkanes of at least 4 members (excludes halogenated alkanes) is 1. The van der Waals surface area contributed by atoms with E-state index in [1.165, 1.54) is 44.9 Å². The SMILES string of the molecule is CCCCC(N)C1CCC(C(C)C)CC1. The van der Waals surface area contributed by atoms with E-state index in [0.717, 1.165) is 17.8 Å². The van der Waals surface area contributed by atoms with Gasteiger partial charge in [-0.3, -0.25) is 0 Å². The maximum absolute atomic E-state index is 6.26. The third-order valence-corrected chi connectivity index (χ3v) is 4.26. The zero-order valence-corrected chi connectivity index (χ0v) is 10.8. The summed E-state index contributed by atoms with van der Waals surface area (Å²) in [6.45, 7) is 6.98. The predicted octanol–water partition coefficient (Wildman–Crippen LogP) is 3.97. The molecule has 0 spiro atoms. The van der Waals surface area contributed by atoms with E-state index in [2.05, 4.69) is 20.8 Å². The topological polar surface area (TPSA) is 26.0 Å². The lowest BCUT2D eigenvalue weighted by Crippen LogP contribution is -2.33. The molecule has 0 radical (unpaired) electrons. The fraction of sp³-hybridized carbons (Fsp3) is 1.00. The molecule has 0 aliphatic heterocycles. The number of rotatable bonds is 5. The Kier molecular flexibility index (Phi) is 5.66. The molecule has 1 aliphatic rings. The van der Waals surface area contributed by atoms with Crippen molar-refractivity contribution in [1.29, 1.82) is 0 Å². The van der Waals surface area contributed by atoms with Crippen LogP contribution in [0, 0.1) is 17.8 Å². The molecular formula is C14H29N. The van der Waals surface area contributed by atoms with Gasteiger partial charge in [-0.05, 0) is 49.9 Å². The standard InChI is InChI=1S/C14H29N/c1-4-5-6-14(15)13-9-7-12(8-10-13)11(2)3/h11-14H,4-10,15H2,1-3H3. The first-order valence-corrected chi connectivity index (χ1v) is 6.90. The molecule has 1 saturated carbocycles. The van der Waals surface area contributed by atoms with Gasteiger partial charge in [-0.2, -0.15) is 0 Å². The van der Waals surface area contributed by atoms with Gasteiger partial charge in [0.2, 0.25) is 0 Å². The Bertz CT molecular complexity index is 157. The van der Waals surface area contributed by atoms with Gasteiger partial charge in [-0.25, -0.2) is 0 Å². The van der Waals surface area contributed by atoms with Crippen LogP contribution < -0.4 is 5.73 Å². The third kappa shape index (κ3) is 4.14. The van der Waals surface area contributed by atoms with Gasteiger partial charge in [-0.15, -0.1) is 0 Å². The monoisotopic (exact) mass is 211 g/mol. The highest BCUT2D eigenvalue weighted by Gasteiger charge is 2.26. The van der Waals surface area contributed by atoms with E-state index in [0.29, 0.717) is 6.04 Å². The van der Waals surface area contributed by atoms with E-state index >= 15 is 0 Å². The summed E-state index contributed by atoms with van der Waals surface area (Å²) < 4.78 is 0. The van der Waals surface area contributed by atoms with Crippen molar-refractivity contribution >= 4 is 0 Å². The van der Waals surface area contributed by atoms with Gasteiger partial charge in [0.05, 0.1) is 0 Å². The van der Waals surface area contributed by atoms with Crippen molar-refractivity contribution in [3.63, 3.8) is 0 Å². The van der Waals surface area contributed by atoms with E-state index in [-0.39, 0.29) is 0 Å². The quantitative estimate of drug-likeness (QED) is 0.731. The summed E-state index contributed by atoms with van der Waals surface area (Å²) in [6.07, 6.45) is 9.44. The van der Waals surface area contributed by atoms with Crippen LogP contribution >= 0.6 is 0 Å². The molecule has 1 unspecified atom stereocenters. The van der Waals surface area contributed by atoms with Crippen LogP contribution in [-0.2, 0) is 0 Å². The number of nitrogens with two attached hydrogens (primary N) is 1. The summed E-state index contributed by atoms with van der Waals surface area (Å²) in [5.41, 5.74) is 6.26. The van der Waals surface area contributed by atoms with E-state index in [9.17, 15) is 0 Å². The van der Waals surface area contributed by atoms with Crippen LogP contribution in [0.1, 0.15) is 65.7 Å². The molecule has 0 amide bonds. The molecule has 1 heteroatoms. The van der Waals surface area contributed by atoms with Gasteiger partial charge in [0.15, 0.2) is 0 Å². The van der Waals surface area contributed by atoms with Crippen molar-refractivity contribution < 1.29 is 0 Å². The second-order valence-electron chi connectivity index (χ2n) is 5.72. The van der Waals surface area contributed by atoms with Crippen LogP contribution in [-0.4, -0.2) is 6.04 Å². The van der Waals surface area contributed by atoms with E-state index in [4.69, 9.17) is 5.73 Å². The fourth-order valence-electron chi connectivity index (χ4n) is 2.92. The second kappa shape index (κ2) is 6.52. The van der Waals surface area contributed by atoms with Crippen molar-refractivity contribution in [3.8, 4) is 0 Å². The van der Waals surface area contributed by atoms with Crippen LogP contribution in [0.2, 0.25) is 0 Å². The van der Waals surface area contributed by atoms with E-state index in [1.807, 2.05) is 0 Å². The van der Waals surface area contributed by atoms with E-state index in [1.54, 1.807) is 0 Å². The van der Waals surface area contributed by atoms with Crippen LogP contribution in [0.4, 0.5) is 0 Å². The van der Waals surface area contributed by atoms with Gasteiger partial charge in [0.25, 0.3) is 0 Å². The molecule has 0 saturated heterocycles. The lowest BCUT2D eigenvalue weighted by Gasteiger charge is -2.34. The molecule has 1 rings (SSSR count).